The molecule has 0 fully saturated rings. The lowest BCUT2D eigenvalue weighted by Gasteiger charge is -1.98. The highest BCUT2D eigenvalue weighted by atomic mass is 32.1. The Hall–Kier alpha value is -1.31. The minimum atomic E-state index is 0.578. The maximum Gasteiger partial charge on any atom is 0.0964 e. The Morgan fingerprint density at radius 1 is 1.38 bits per heavy atom. The first-order chi connectivity index (χ1) is 7.88. The summed E-state index contributed by atoms with van der Waals surface area (Å²) in [6.07, 6.45) is 1.90. The topological polar surface area (TPSA) is 81.6 Å². The van der Waals surface area contributed by atoms with E-state index in [0.717, 1.165) is 17.9 Å². The van der Waals surface area contributed by atoms with Crippen LogP contribution >= 0.6 is 11.3 Å². The summed E-state index contributed by atoms with van der Waals surface area (Å²) in [6, 6.07) is 0. The number of nitrogens with zero attached hydrogens (tertiary/aromatic N) is 4. The Balaban J connectivity index is 1.76. The van der Waals surface area contributed by atoms with Crippen molar-refractivity contribution >= 4 is 11.3 Å². The molecule has 0 radical (unpaired) electrons. The first-order valence-corrected chi connectivity index (χ1v) is 5.99. The summed E-state index contributed by atoms with van der Waals surface area (Å²) in [6.45, 7) is 2.74. The molecule has 6 nitrogen and oxygen atoms in total. The van der Waals surface area contributed by atoms with Gasteiger partial charge in [-0.05, 0) is 0 Å². The van der Waals surface area contributed by atoms with Crippen molar-refractivity contribution in [2.75, 3.05) is 6.54 Å². The molecule has 0 aliphatic heterocycles. The molecule has 86 valence electrons. The summed E-state index contributed by atoms with van der Waals surface area (Å²) in [5.74, 6) is 0. The first kappa shape index (κ1) is 11.2. The molecular weight excluding hydrogens is 224 g/mol. The number of aromatic nitrogens is 4. The van der Waals surface area contributed by atoms with Gasteiger partial charge < -0.3 is 11.1 Å². The SMILES string of the molecule is NCCn1cc(CNCc2cscn2)nn1. The molecule has 2 rings (SSSR count). The first-order valence-electron chi connectivity index (χ1n) is 5.05. The van der Waals surface area contributed by atoms with Gasteiger partial charge in [0.05, 0.1) is 23.4 Å². The molecular formula is C9H14N6S. The fraction of sp³-hybridized carbons (Fsp3) is 0.444. The monoisotopic (exact) mass is 238 g/mol. The van der Waals surface area contributed by atoms with Gasteiger partial charge in [0, 0.05) is 31.2 Å². The van der Waals surface area contributed by atoms with Crippen LogP contribution < -0.4 is 11.1 Å². The van der Waals surface area contributed by atoms with Crippen LogP contribution in [0.5, 0.6) is 0 Å². The smallest absolute Gasteiger partial charge is 0.0964 e. The number of nitrogens with one attached hydrogen (secondary N) is 1. The Labute approximate surface area is 97.5 Å². The van der Waals surface area contributed by atoms with Crippen LogP contribution in [-0.2, 0) is 19.6 Å². The molecule has 0 saturated heterocycles. The summed E-state index contributed by atoms with van der Waals surface area (Å²) < 4.78 is 1.75. The molecule has 0 amide bonds. The molecule has 2 aromatic heterocycles. The maximum atomic E-state index is 5.42. The van der Waals surface area contributed by atoms with Crippen molar-refractivity contribution in [1.82, 2.24) is 25.3 Å². The summed E-state index contributed by atoms with van der Waals surface area (Å²) in [5, 5.41) is 13.3. The standard InChI is InChI=1S/C9H14N6S/c10-1-2-15-5-8(13-14-15)3-11-4-9-6-16-7-12-9/h5-7,11H,1-4,10H2. The van der Waals surface area contributed by atoms with E-state index in [-0.39, 0.29) is 0 Å². The van der Waals surface area contributed by atoms with Gasteiger partial charge in [0.2, 0.25) is 0 Å². The molecule has 0 atom stereocenters. The van der Waals surface area contributed by atoms with Gasteiger partial charge >= 0.3 is 0 Å². The van der Waals surface area contributed by atoms with Crippen LogP contribution in [0.25, 0.3) is 0 Å². The number of nitrogens with two attached hydrogens (primary N) is 1. The van der Waals surface area contributed by atoms with Gasteiger partial charge in [0.1, 0.15) is 0 Å². The van der Waals surface area contributed by atoms with Crippen molar-refractivity contribution in [1.29, 1.82) is 0 Å². The minimum Gasteiger partial charge on any atom is -0.329 e. The van der Waals surface area contributed by atoms with Gasteiger partial charge in [-0.25, -0.2) is 4.98 Å². The average Bonchev–Trinajstić information content (AvgIpc) is 2.90. The van der Waals surface area contributed by atoms with E-state index in [1.165, 1.54) is 0 Å². The van der Waals surface area contributed by atoms with E-state index in [2.05, 4.69) is 20.6 Å². The lowest BCUT2D eigenvalue weighted by molar-refractivity contribution is 0.598. The number of thiazole rings is 1. The van der Waals surface area contributed by atoms with Crippen LogP contribution in [0.1, 0.15) is 11.4 Å². The molecule has 0 saturated carbocycles. The summed E-state index contributed by atoms with van der Waals surface area (Å²) in [7, 11) is 0. The normalized spacial score (nSPS) is 10.8. The van der Waals surface area contributed by atoms with Crippen LogP contribution in [-0.4, -0.2) is 26.5 Å². The van der Waals surface area contributed by atoms with Gasteiger partial charge in [-0.1, -0.05) is 5.21 Å². The van der Waals surface area contributed by atoms with Crippen LogP contribution in [0.4, 0.5) is 0 Å². The molecule has 16 heavy (non-hydrogen) atoms. The van der Waals surface area contributed by atoms with Crippen molar-refractivity contribution in [3.8, 4) is 0 Å². The highest BCUT2D eigenvalue weighted by Gasteiger charge is 2.00. The van der Waals surface area contributed by atoms with Gasteiger partial charge in [-0.15, -0.1) is 16.4 Å². The fourth-order valence-electron chi connectivity index (χ4n) is 1.30. The van der Waals surface area contributed by atoms with Gasteiger partial charge in [0.25, 0.3) is 0 Å². The minimum absolute atomic E-state index is 0.578. The third kappa shape index (κ3) is 3.09. The Morgan fingerprint density at radius 3 is 3.00 bits per heavy atom. The van der Waals surface area contributed by atoms with Crippen molar-refractivity contribution in [2.45, 2.75) is 19.6 Å². The lowest BCUT2D eigenvalue weighted by atomic mass is 10.4. The lowest BCUT2D eigenvalue weighted by Crippen LogP contribution is -2.13. The van der Waals surface area contributed by atoms with E-state index in [0.29, 0.717) is 19.6 Å². The Morgan fingerprint density at radius 2 is 2.25 bits per heavy atom. The largest absolute Gasteiger partial charge is 0.329 e. The molecule has 0 aliphatic carbocycles. The zero-order chi connectivity index (χ0) is 11.2. The predicted molar refractivity (Wildman–Crippen MR) is 61.7 cm³/mol. The summed E-state index contributed by atoms with van der Waals surface area (Å²) in [4.78, 5) is 4.18. The van der Waals surface area contributed by atoms with Crippen molar-refractivity contribution in [3.63, 3.8) is 0 Å². The highest BCUT2D eigenvalue weighted by Crippen LogP contribution is 2.00. The molecule has 0 spiro atoms. The van der Waals surface area contributed by atoms with Gasteiger partial charge in [-0.2, -0.15) is 0 Å². The molecule has 0 aliphatic rings. The van der Waals surface area contributed by atoms with E-state index in [9.17, 15) is 0 Å². The van der Waals surface area contributed by atoms with E-state index < -0.39 is 0 Å². The van der Waals surface area contributed by atoms with Crippen molar-refractivity contribution in [3.05, 3.63) is 28.5 Å². The van der Waals surface area contributed by atoms with Crippen LogP contribution in [0.15, 0.2) is 17.1 Å². The van der Waals surface area contributed by atoms with Gasteiger partial charge in [0.15, 0.2) is 0 Å². The summed E-state index contributed by atoms with van der Waals surface area (Å²) >= 11 is 1.60. The van der Waals surface area contributed by atoms with Crippen LogP contribution in [0.2, 0.25) is 0 Å². The number of hydrogen-bond donors (Lipinski definition) is 2. The van der Waals surface area contributed by atoms with Crippen LogP contribution in [0, 0.1) is 0 Å². The predicted octanol–water partition coefficient (Wildman–Crippen LogP) is -0.0169. The van der Waals surface area contributed by atoms with Gasteiger partial charge in [-0.3, -0.25) is 4.68 Å². The fourth-order valence-corrected chi connectivity index (χ4v) is 1.86. The Kier molecular flexibility index (Phi) is 3.97. The van der Waals surface area contributed by atoms with E-state index in [4.69, 9.17) is 5.73 Å². The second-order valence-corrected chi connectivity index (χ2v) is 4.06. The van der Waals surface area contributed by atoms with E-state index in [1.807, 2.05) is 17.1 Å². The molecule has 0 bridgehead atoms. The molecule has 2 heterocycles. The molecule has 0 aromatic carbocycles. The van der Waals surface area contributed by atoms with Crippen LogP contribution in [0.3, 0.4) is 0 Å². The zero-order valence-corrected chi connectivity index (χ0v) is 9.65. The second-order valence-electron chi connectivity index (χ2n) is 3.34. The molecule has 0 unspecified atom stereocenters. The number of hydrogen-bond acceptors (Lipinski definition) is 6. The number of rotatable bonds is 6. The molecule has 2 aromatic rings. The van der Waals surface area contributed by atoms with E-state index >= 15 is 0 Å². The maximum absolute atomic E-state index is 5.42. The zero-order valence-electron chi connectivity index (χ0n) is 8.83. The highest BCUT2D eigenvalue weighted by molar-refractivity contribution is 7.07. The van der Waals surface area contributed by atoms with Crippen molar-refractivity contribution < 1.29 is 0 Å². The average molecular weight is 238 g/mol. The second kappa shape index (κ2) is 5.69. The third-order valence-corrected chi connectivity index (χ3v) is 2.68. The molecule has 7 heteroatoms. The Bertz CT molecular complexity index is 409. The quantitative estimate of drug-likeness (QED) is 0.739. The van der Waals surface area contributed by atoms with E-state index in [1.54, 1.807) is 16.0 Å². The summed E-state index contributed by atoms with van der Waals surface area (Å²) in [5.41, 5.74) is 9.23. The molecule has 3 N–H and O–H groups in total. The third-order valence-electron chi connectivity index (χ3n) is 2.04. The van der Waals surface area contributed by atoms with Crippen molar-refractivity contribution in [2.24, 2.45) is 5.73 Å².